The Hall–Kier alpha value is 1.65. The minimum atomic E-state index is -4.64. The van der Waals surface area contributed by atoms with Crippen molar-refractivity contribution < 1.29 is 33.5 Å². The summed E-state index contributed by atoms with van der Waals surface area (Å²) >= 11 is -3.98. The smallest absolute Gasteiger partial charge is 0 e. The molecule has 0 bridgehead atoms. The third-order valence-electron chi connectivity index (χ3n) is 0.106. The Balaban J connectivity index is 0. The summed E-state index contributed by atoms with van der Waals surface area (Å²) < 4.78 is 28.8. The predicted octanol–water partition coefficient (Wildman–Crippen LogP) is -2.33. The van der Waals surface area contributed by atoms with Crippen molar-refractivity contribution in [3.8, 4) is 0 Å². The Morgan fingerprint density at radius 2 is 1.71 bits per heavy atom. The molecule has 0 aliphatic heterocycles. The summed E-state index contributed by atoms with van der Waals surface area (Å²) in [7, 11) is 0. The Bertz CT molecular complexity index is 75.8. The Morgan fingerprint density at radius 1 is 1.57 bits per heavy atom. The summed E-state index contributed by atoms with van der Waals surface area (Å²) in [5.74, 6) is 0. The fourth-order valence-electron chi connectivity index (χ4n) is 0. The van der Waals surface area contributed by atoms with Crippen molar-refractivity contribution in [1.29, 1.82) is 0 Å². The molecular formula is H3AsO4TeZn. The van der Waals surface area contributed by atoms with Gasteiger partial charge in [0, 0.05) is 19.5 Å². The van der Waals surface area contributed by atoms with Crippen molar-refractivity contribution in [3.63, 3.8) is 0 Å². The first kappa shape index (κ1) is 11.4. The molecule has 0 saturated heterocycles. The largest absolute Gasteiger partial charge is 0 e. The first-order valence-corrected chi connectivity index (χ1v) is 5.20. The molecule has 0 aliphatic carbocycles. The van der Waals surface area contributed by atoms with Crippen molar-refractivity contribution in [3.05, 3.63) is 0 Å². The summed E-state index contributed by atoms with van der Waals surface area (Å²) in [5, 5.41) is 0. The van der Waals surface area contributed by atoms with Gasteiger partial charge in [-0.1, -0.05) is 0 Å². The van der Waals surface area contributed by atoms with Crippen molar-refractivity contribution in [2.45, 2.75) is 0 Å². The van der Waals surface area contributed by atoms with Gasteiger partial charge in [0.15, 0.2) is 0 Å². The molecule has 0 aromatic heterocycles. The molecule has 0 aromatic rings. The fraction of sp³-hybridized carbons (Fsp3) is 0. The van der Waals surface area contributed by atoms with E-state index in [0.717, 1.165) is 0 Å². The third-order valence-corrected chi connectivity index (χ3v) is 3.71. The molecule has 0 atom stereocenters. The zero-order valence-electron chi connectivity index (χ0n) is 3.31. The van der Waals surface area contributed by atoms with Gasteiger partial charge in [0.25, 0.3) is 0 Å². The van der Waals surface area contributed by atoms with Gasteiger partial charge in [0.2, 0.25) is 0 Å². The molecule has 7 heavy (non-hydrogen) atoms. The van der Waals surface area contributed by atoms with Crippen LogP contribution in [0, 0.1) is 0 Å². The molecule has 0 amide bonds. The van der Waals surface area contributed by atoms with Gasteiger partial charge in [0.05, 0.1) is 0 Å². The molecule has 40 valence electrons. The van der Waals surface area contributed by atoms with E-state index in [0.29, 0.717) is 22.7 Å². The number of hydrogen-bond donors (Lipinski definition) is 2. The molecule has 0 heterocycles. The zero-order valence-corrected chi connectivity index (χ0v) is 10.7. The third kappa shape index (κ3) is 11.3. The molecule has 0 fully saturated rings. The quantitative estimate of drug-likeness (QED) is 0.528. The molecule has 2 N–H and O–H groups in total. The summed E-state index contributed by atoms with van der Waals surface area (Å²) in [6.45, 7) is 0. The second-order valence-electron chi connectivity index (χ2n) is 0.572. The average Bonchev–Trinajstić information content (AvgIpc) is 1.35. The van der Waals surface area contributed by atoms with Gasteiger partial charge in [-0.05, 0) is 0 Å². The van der Waals surface area contributed by atoms with Crippen molar-refractivity contribution in [2.75, 3.05) is 0 Å². The van der Waals surface area contributed by atoms with Crippen LogP contribution in [0.5, 0.6) is 0 Å². The normalized spacial score (nSPS) is 10.1. The minimum Gasteiger partial charge on any atom is 0 e. The van der Waals surface area contributed by atoms with Crippen molar-refractivity contribution >= 4 is 37.2 Å². The van der Waals surface area contributed by atoms with Crippen LogP contribution >= 0.6 is 0 Å². The van der Waals surface area contributed by atoms with Crippen LogP contribution in [0.3, 0.4) is 0 Å². The molecule has 0 unspecified atom stereocenters. The van der Waals surface area contributed by atoms with Crippen LogP contribution in [0.15, 0.2) is 0 Å². The Labute approximate surface area is 70.2 Å². The van der Waals surface area contributed by atoms with Gasteiger partial charge in [0.1, 0.15) is 0 Å². The Morgan fingerprint density at radius 3 is 1.71 bits per heavy atom. The summed E-state index contributed by atoms with van der Waals surface area (Å²) in [5.41, 5.74) is 0. The second-order valence-corrected chi connectivity index (χ2v) is 5.40. The molecule has 0 aromatic carbocycles. The van der Waals surface area contributed by atoms with E-state index in [2.05, 4.69) is 2.09 Å². The molecule has 0 radical (unpaired) electrons. The summed E-state index contributed by atoms with van der Waals surface area (Å²) in [4.78, 5) is 0. The van der Waals surface area contributed by atoms with Gasteiger partial charge in [-0.2, -0.15) is 0 Å². The topological polar surface area (TPSA) is 66.8 Å². The standard InChI is InChI=1S/AsH3O4Te.Zn/c2-1(3,4)5-6;/h6H,(H2,2,3,4);. The fourth-order valence-corrected chi connectivity index (χ4v) is 0. The number of hydrogen-bond acceptors (Lipinski definition) is 2. The van der Waals surface area contributed by atoms with Gasteiger partial charge in [-0.25, -0.2) is 0 Å². The number of rotatable bonds is 1. The first-order valence-electron chi connectivity index (χ1n) is 0.948. The molecular weight excluding hydrogens is 332 g/mol. The monoisotopic (exact) mass is 336 g/mol. The SMILES string of the molecule is O=[As](O)(O)O[TeH].[Zn]. The average molecular weight is 335 g/mol. The van der Waals surface area contributed by atoms with Gasteiger partial charge in [-0.15, -0.1) is 0 Å². The van der Waals surface area contributed by atoms with E-state index in [1.165, 1.54) is 0 Å². The zero-order chi connectivity index (χ0) is 5.21. The van der Waals surface area contributed by atoms with Crippen LogP contribution in [0.2, 0.25) is 0 Å². The maximum Gasteiger partial charge on any atom is 0 e. The maximum atomic E-state index is 9.55. The van der Waals surface area contributed by atoms with Crippen LogP contribution < -0.4 is 0 Å². The Kier molecular flexibility index (Phi) is 7.40. The van der Waals surface area contributed by atoms with E-state index in [4.69, 9.17) is 8.19 Å². The van der Waals surface area contributed by atoms with Gasteiger partial charge >= 0.3 is 51.2 Å². The van der Waals surface area contributed by atoms with Crippen LogP contribution in [0.1, 0.15) is 0 Å². The molecule has 0 aliphatic rings. The van der Waals surface area contributed by atoms with E-state index in [1.807, 2.05) is 0 Å². The minimum absolute atomic E-state index is 0. The van der Waals surface area contributed by atoms with E-state index in [-0.39, 0.29) is 19.5 Å². The van der Waals surface area contributed by atoms with E-state index in [1.54, 1.807) is 0 Å². The molecule has 0 saturated carbocycles. The van der Waals surface area contributed by atoms with Crippen LogP contribution in [0.4, 0.5) is 0 Å². The molecule has 7 heteroatoms. The second kappa shape index (κ2) is 4.52. The van der Waals surface area contributed by atoms with E-state index >= 15 is 0 Å². The molecule has 0 rings (SSSR count). The summed E-state index contributed by atoms with van der Waals surface area (Å²) in [6, 6.07) is 0. The van der Waals surface area contributed by atoms with E-state index in [9.17, 15) is 3.74 Å². The van der Waals surface area contributed by atoms with E-state index < -0.39 is 14.5 Å². The molecule has 4 nitrogen and oxygen atoms in total. The first-order chi connectivity index (χ1) is 2.56. The van der Waals surface area contributed by atoms with Crippen LogP contribution in [-0.2, 0) is 25.3 Å². The van der Waals surface area contributed by atoms with Gasteiger partial charge in [-0.3, -0.25) is 0 Å². The van der Waals surface area contributed by atoms with Crippen molar-refractivity contribution in [2.24, 2.45) is 0 Å². The summed E-state index contributed by atoms with van der Waals surface area (Å²) in [6.07, 6.45) is 0. The molecule has 0 spiro atoms. The van der Waals surface area contributed by atoms with Crippen molar-refractivity contribution in [1.82, 2.24) is 0 Å². The maximum absolute atomic E-state index is 9.55. The van der Waals surface area contributed by atoms with Gasteiger partial charge < -0.3 is 0 Å². The predicted molar refractivity (Wildman–Crippen MR) is 19.1 cm³/mol. The van der Waals surface area contributed by atoms with Crippen LogP contribution in [-0.4, -0.2) is 45.4 Å². The van der Waals surface area contributed by atoms with Crippen LogP contribution in [0.25, 0.3) is 0 Å².